The molecule has 1 amide bonds. The molecule has 2 heterocycles. The quantitative estimate of drug-likeness (QED) is 0.913. The van der Waals surface area contributed by atoms with Crippen LogP contribution in [0.2, 0.25) is 0 Å². The van der Waals surface area contributed by atoms with E-state index in [1.807, 2.05) is 24.4 Å². The number of carbonyl (C=O) groups excluding carboxylic acids is 1. The van der Waals surface area contributed by atoms with Crippen molar-refractivity contribution in [3.63, 3.8) is 0 Å². The monoisotopic (exact) mass is 308 g/mol. The number of rotatable bonds is 4. The summed E-state index contributed by atoms with van der Waals surface area (Å²) >= 11 is 3.04. The number of carbonyl (C=O) groups is 1. The van der Waals surface area contributed by atoms with Gasteiger partial charge in [-0.1, -0.05) is 6.07 Å². The molecule has 0 aliphatic heterocycles. The van der Waals surface area contributed by atoms with Gasteiger partial charge < -0.3 is 10.4 Å². The zero-order chi connectivity index (χ0) is 14.2. The first-order valence-electron chi connectivity index (χ1n) is 6.58. The largest absolute Gasteiger partial charge is 0.394 e. The smallest absolute Gasteiger partial charge is 0.263 e. The predicted molar refractivity (Wildman–Crippen MR) is 81.3 cm³/mol. The summed E-state index contributed by atoms with van der Waals surface area (Å²) in [7, 11) is 0. The molecule has 1 aliphatic rings. The number of amides is 1. The van der Waals surface area contributed by atoms with Crippen LogP contribution in [0, 0.1) is 6.92 Å². The highest BCUT2D eigenvalue weighted by Gasteiger charge is 2.38. The number of aryl methyl sites for hydroxylation is 1. The van der Waals surface area contributed by atoms with E-state index in [1.54, 1.807) is 11.3 Å². The highest BCUT2D eigenvalue weighted by Crippen LogP contribution is 2.34. The fourth-order valence-corrected chi connectivity index (χ4v) is 4.09. The summed E-state index contributed by atoms with van der Waals surface area (Å²) < 4.78 is 0. The number of thiophene rings is 1. The normalized spacial score (nSPS) is 16.7. The minimum absolute atomic E-state index is 0.00831. The first-order valence-corrected chi connectivity index (χ1v) is 8.28. The fraction of sp³-hybridized carbons (Fsp3) is 0.429. The van der Waals surface area contributed by atoms with Crippen molar-refractivity contribution >= 4 is 28.6 Å². The molecule has 0 aromatic carbocycles. The van der Waals surface area contributed by atoms with E-state index in [0.717, 1.165) is 34.8 Å². The Bertz CT molecular complexity index is 610. The van der Waals surface area contributed by atoms with Crippen LogP contribution in [0.25, 0.3) is 9.88 Å². The lowest BCUT2D eigenvalue weighted by Crippen LogP contribution is -2.56. The Labute approximate surface area is 125 Å². The molecule has 1 fully saturated rings. The van der Waals surface area contributed by atoms with Crippen LogP contribution in [0.5, 0.6) is 0 Å². The van der Waals surface area contributed by atoms with E-state index in [4.69, 9.17) is 0 Å². The van der Waals surface area contributed by atoms with Gasteiger partial charge in [0.1, 0.15) is 9.88 Å². The van der Waals surface area contributed by atoms with Crippen LogP contribution < -0.4 is 5.32 Å². The number of aliphatic hydroxyl groups is 1. The van der Waals surface area contributed by atoms with Crippen LogP contribution >= 0.6 is 22.7 Å². The number of aliphatic hydroxyl groups excluding tert-OH is 1. The van der Waals surface area contributed by atoms with Crippen LogP contribution in [0.4, 0.5) is 0 Å². The molecule has 6 heteroatoms. The van der Waals surface area contributed by atoms with Gasteiger partial charge in [-0.05, 0) is 37.6 Å². The summed E-state index contributed by atoms with van der Waals surface area (Å²) in [5, 5.41) is 15.3. The minimum atomic E-state index is -0.406. The zero-order valence-corrected chi connectivity index (χ0v) is 12.8. The van der Waals surface area contributed by atoms with Crippen molar-refractivity contribution < 1.29 is 9.90 Å². The third-order valence-corrected chi connectivity index (χ3v) is 5.92. The molecular weight excluding hydrogens is 292 g/mol. The van der Waals surface area contributed by atoms with E-state index in [2.05, 4.69) is 10.3 Å². The Hall–Kier alpha value is -1.24. The molecule has 4 nitrogen and oxygen atoms in total. The van der Waals surface area contributed by atoms with Gasteiger partial charge in [-0.2, -0.15) is 0 Å². The van der Waals surface area contributed by atoms with Gasteiger partial charge in [0.05, 0.1) is 22.7 Å². The minimum Gasteiger partial charge on any atom is -0.394 e. The average Bonchev–Trinajstić information content (AvgIpc) is 3.02. The summed E-state index contributed by atoms with van der Waals surface area (Å²) in [6.07, 6.45) is 2.76. The van der Waals surface area contributed by atoms with Gasteiger partial charge in [-0.25, -0.2) is 4.98 Å². The topological polar surface area (TPSA) is 62.2 Å². The van der Waals surface area contributed by atoms with Crippen molar-refractivity contribution in [1.29, 1.82) is 0 Å². The van der Waals surface area contributed by atoms with Gasteiger partial charge in [-0.15, -0.1) is 22.7 Å². The molecule has 20 heavy (non-hydrogen) atoms. The Kier molecular flexibility index (Phi) is 3.62. The maximum Gasteiger partial charge on any atom is 0.263 e. The first kappa shape index (κ1) is 13.7. The van der Waals surface area contributed by atoms with Crippen molar-refractivity contribution in [2.75, 3.05) is 6.61 Å². The van der Waals surface area contributed by atoms with Gasteiger partial charge >= 0.3 is 0 Å². The number of aromatic nitrogens is 1. The summed E-state index contributed by atoms with van der Waals surface area (Å²) in [6.45, 7) is 1.86. The Morgan fingerprint density at radius 3 is 2.90 bits per heavy atom. The van der Waals surface area contributed by atoms with E-state index in [1.165, 1.54) is 11.3 Å². The molecule has 0 unspecified atom stereocenters. The molecule has 1 aliphatic carbocycles. The number of nitrogens with zero attached hydrogens (tertiary/aromatic N) is 1. The maximum atomic E-state index is 12.4. The summed E-state index contributed by atoms with van der Waals surface area (Å²) in [4.78, 5) is 18.6. The first-order chi connectivity index (χ1) is 9.63. The van der Waals surface area contributed by atoms with Crippen molar-refractivity contribution in [1.82, 2.24) is 10.3 Å². The molecule has 1 saturated carbocycles. The van der Waals surface area contributed by atoms with Gasteiger partial charge in [0, 0.05) is 0 Å². The summed E-state index contributed by atoms with van der Waals surface area (Å²) in [5.41, 5.74) is 0.347. The molecule has 2 aromatic heterocycles. The number of hydrogen-bond acceptors (Lipinski definition) is 5. The Balaban J connectivity index is 1.81. The lowest BCUT2D eigenvalue weighted by molar-refractivity contribution is 0.0644. The predicted octanol–water partition coefficient (Wildman–Crippen LogP) is 2.82. The SMILES string of the molecule is Cc1nc(-c2cccs2)sc1C(=O)NC1(CO)CCC1. The highest BCUT2D eigenvalue weighted by atomic mass is 32.1. The highest BCUT2D eigenvalue weighted by molar-refractivity contribution is 7.22. The number of hydrogen-bond donors (Lipinski definition) is 2. The number of nitrogens with one attached hydrogen (secondary N) is 1. The third kappa shape index (κ3) is 2.39. The van der Waals surface area contributed by atoms with Crippen LogP contribution in [0.3, 0.4) is 0 Å². The van der Waals surface area contributed by atoms with Crippen LogP contribution in [0.1, 0.15) is 34.6 Å². The summed E-state index contributed by atoms with van der Waals surface area (Å²) in [5.74, 6) is -0.114. The van der Waals surface area contributed by atoms with Gasteiger partial charge in [0.25, 0.3) is 5.91 Å². The van der Waals surface area contributed by atoms with Crippen molar-refractivity contribution in [3.05, 3.63) is 28.1 Å². The molecule has 2 aromatic rings. The maximum absolute atomic E-state index is 12.4. The van der Waals surface area contributed by atoms with E-state index in [0.29, 0.717) is 4.88 Å². The van der Waals surface area contributed by atoms with Crippen LogP contribution in [0.15, 0.2) is 17.5 Å². The van der Waals surface area contributed by atoms with Crippen LogP contribution in [-0.2, 0) is 0 Å². The molecule has 0 saturated heterocycles. The van der Waals surface area contributed by atoms with E-state index in [9.17, 15) is 9.90 Å². The molecule has 0 bridgehead atoms. The zero-order valence-electron chi connectivity index (χ0n) is 11.2. The fourth-order valence-electron chi connectivity index (χ4n) is 2.34. The van der Waals surface area contributed by atoms with Crippen molar-refractivity contribution in [3.8, 4) is 9.88 Å². The van der Waals surface area contributed by atoms with Crippen molar-refractivity contribution in [2.24, 2.45) is 0 Å². The molecule has 0 spiro atoms. The standard InChI is InChI=1S/C14H16N2O2S2/c1-9-11(12(18)16-14(8-17)5-3-6-14)20-13(15-9)10-4-2-7-19-10/h2,4,7,17H,3,5-6,8H2,1H3,(H,16,18). The molecule has 106 valence electrons. The van der Waals surface area contributed by atoms with Crippen molar-refractivity contribution in [2.45, 2.75) is 31.7 Å². The van der Waals surface area contributed by atoms with E-state index < -0.39 is 5.54 Å². The molecule has 0 radical (unpaired) electrons. The Morgan fingerprint density at radius 1 is 1.55 bits per heavy atom. The van der Waals surface area contributed by atoms with E-state index >= 15 is 0 Å². The van der Waals surface area contributed by atoms with Gasteiger partial charge in [0.2, 0.25) is 0 Å². The number of thiazole rings is 1. The molecule has 2 N–H and O–H groups in total. The summed E-state index contributed by atoms with van der Waals surface area (Å²) in [6, 6.07) is 3.98. The second kappa shape index (κ2) is 5.27. The second-order valence-electron chi connectivity index (χ2n) is 5.16. The van der Waals surface area contributed by atoms with Gasteiger partial charge in [-0.3, -0.25) is 4.79 Å². The van der Waals surface area contributed by atoms with Crippen LogP contribution in [-0.4, -0.2) is 28.1 Å². The molecule has 0 atom stereocenters. The molecule has 3 rings (SSSR count). The lowest BCUT2D eigenvalue weighted by atomic mass is 9.77. The lowest BCUT2D eigenvalue weighted by Gasteiger charge is -2.40. The average molecular weight is 308 g/mol. The second-order valence-corrected chi connectivity index (χ2v) is 7.10. The molecular formula is C14H16N2O2S2. The van der Waals surface area contributed by atoms with Gasteiger partial charge in [0.15, 0.2) is 0 Å². The van der Waals surface area contributed by atoms with E-state index in [-0.39, 0.29) is 12.5 Å². The third-order valence-electron chi connectivity index (χ3n) is 3.73. The Morgan fingerprint density at radius 2 is 2.35 bits per heavy atom.